The number of carbonyl (C=O) groups excluding carboxylic acids is 2. The average Bonchev–Trinajstić information content (AvgIpc) is 3.06. The number of amides is 1. The van der Waals surface area contributed by atoms with Gasteiger partial charge in [0.15, 0.2) is 0 Å². The Balaban J connectivity index is 1.50. The van der Waals surface area contributed by atoms with Crippen LogP contribution in [0.5, 0.6) is 0 Å². The van der Waals surface area contributed by atoms with Crippen LogP contribution in [0.15, 0.2) is 72.8 Å². The van der Waals surface area contributed by atoms with Crippen molar-refractivity contribution >= 4 is 11.9 Å². The van der Waals surface area contributed by atoms with E-state index in [1.807, 2.05) is 55.5 Å². The number of Topliss-reactive ketones (excluding diaryl/α,β-unsaturated/α-hetero) is 1. The minimum Gasteiger partial charge on any atom is -0.448 e. The average molecular weight is 387 g/mol. The first-order valence-electron chi connectivity index (χ1n) is 10.1. The molecular formula is C25H25NO3. The van der Waals surface area contributed by atoms with Crippen LogP contribution in [0.25, 0.3) is 11.1 Å². The highest BCUT2D eigenvalue weighted by Gasteiger charge is 2.32. The van der Waals surface area contributed by atoms with Crippen LogP contribution in [0.3, 0.4) is 0 Å². The number of hydrogen-bond donors (Lipinski definition) is 0. The van der Waals surface area contributed by atoms with Crippen molar-refractivity contribution in [3.05, 3.63) is 84.0 Å². The molecule has 1 aliphatic heterocycles. The van der Waals surface area contributed by atoms with Gasteiger partial charge in [-0.25, -0.2) is 4.79 Å². The predicted octanol–water partition coefficient (Wildman–Crippen LogP) is 5.10. The molecule has 0 bridgehead atoms. The van der Waals surface area contributed by atoms with Gasteiger partial charge in [-0.2, -0.15) is 0 Å². The Morgan fingerprint density at radius 1 is 1.07 bits per heavy atom. The first kappa shape index (κ1) is 19.2. The quantitative estimate of drug-likeness (QED) is 0.686. The highest BCUT2D eigenvalue weighted by Crippen LogP contribution is 2.44. The van der Waals surface area contributed by atoms with Crippen molar-refractivity contribution < 1.29 is 14.3 Å². The first-order valence-corrected chi connectivity index (χ1v) is 10.1. The van der Waals surface area contributed by atoms with Gasteiger partial charge in [0.25, 0.3) is 0 Å². The van der Waals surface area contributed by atoms with Crippen molar-refractivity contribution in [1.29, 1.82) is 0 Å². The largest absolute Gasteiger partial charge is 0.448 e. The molecule has 0 spiro atoms. The SMILES string of the molecule is C/C=C/C=C/[C@@H]1CC(=O)CCN1C(=O)OCC1c2ccccc2-c2ccccc21. The smallest absolute Gasteiger partial charge is 0.410 e. The van der Waals surface area contributed by atoms with Gasteiger partial charge in [-0.3, -0.25) is 4.79 Å². The number of hydrogen-bond acceptors (Lipinski definition) is 3. The van der Waals surface area contributed by atoms with Gasteiger partial charge in [-0.1, -0.05) is 72.8 Å². The van der Waals surface area contributed by atoms with E-state index in [9.17, 15) is 9.59 Å². The minimum absolute atomic E-state index is 0.0368. The van der Waals surface area contributed by atoms with Crippen LogP contribution < -0.4 is 0 Å². The maximum absolute atomic E-state index is 12.9. The normalized spacial score (nSPS) is 19.0. The molecule has 148 valence electrons. The van der Waals surface area contributed by atoms with Crippen LogP contribution >= 0.6 is 0 Å². The maximum Gasteiger partial charge on any atom is 0.410 e. The van der Waals surface area contributed by atoms with E-state index < -0.39 is 0 Å². The van der Waals surface area contributed by atoms with Crippen LogP contribution in [0.4, 0.5) is 4.79 Å². The van der Waals surface area contributed by atoms with E-state index in [0.29, 0.717) is 26.0 Å². The Bertz CT molecular complexity index is 930. The number of piperidine rings is 1. The molecule has 1 atom stereocenters. The summed E-state index contributed by atoms with van der Waals surface area (Å²) in [6.45, 7) is 2.63. The van der Waals surface area contributed by atoms with Crippen LogP contribution in [0, 0.1) is 0 Å². The van der Waals surface area contributed by atoms with Crippen molar-refractivity contribution in [3.63, 3.8) is 0 Å². The van der Waals surface area contributed by atoms with Crippen molar-refractivity contribution in [2.45, 2.75) is 31.7 Å². The molecule has 1 amide bonds. The second-order valence-electron chi connectivity index (χ2n) is 7.47. The molecule has 1 saturated heterocycles. The zero-order valence-electron chi connectivity index (χ0n) is 16.6. The standard InChI is InChI=1S/C25H25NO3/c1-2-3-4-9-18-16-19(27)14-15-26(18)25(28)29-17-24-22-12-7-5-10-20(22)21-11-6-8-13-23(21)24/h2-13,18,24H,14-17H2,1H3/b3-2+,9-4+/t18-/m1/s1. The van der Waals surface area contributed by atoms with Crippen molar-refractivity contribution in [2.24, 2.45) is 0 Å². The van der Waals surface area contributed by atoms with E-state index in [-0.39, 0.29) is 23.8 Å². The second kappa shape index (κ2) is 8.48. The highest BCUT2D eigenvalue weighted by atomic mass is 16.6. The van der Waals surface area contributed by atoms with Crippen LogP contribution in [-0.4, -0.2) is 36.0 Å². The number of benzene rings is 2. The summed E-state index contributed by atoms with van der Waals surface area (Å²) in [6.07, 6.45) is 7.98. The third-order valence-electron chi connectivity index (χ3n) is 5.68. The van der Waals surface area contributed by atoms with Gasteiger partial charge >= 0.3 is 6.09 Å². The molecule has 1 heterocycles. The van der Waals surface area contributed by atoms with Gasteiger partial charge < -0.3 is 9.64 Å². The number of ether oxygens (including phenoxy) is 1. The van der Waals surface area contributed by atoms with Gasteiger partial charge in [-0.15, -0.1) is 0 Å². The lowest BCUT2D eigenvalue weighted by Gasteiger charge is -2.32. The fraction of sp³-hybridized carbons (Fsp3) is 0.280. The van der Waals surface area contributed by atoms with E-state index in [4.69, 9.17) is 4.74 Å². The van der Waals surface area contributed by atoms with Crippen LogP contribution in [-0.2, 0) is 9.53 Å². The van der Waals surface area contributed by atoms with Crippen molar-refractivity contribution in [2.75, 3.05) is 13.2 Å². The minimum atomic E-state index is -0.352. The predicted molar refractivity (Wildman–Crippen MR) is 114 cm³/mol. The number of allylic oxidation sites excluding steroid dienone is 3. The van der Waals surface area contributed by atoms with E-state index in [2.05, 4.69) is 24.3 Å². The molecule has 4 heteroatoms. The zero-order valence-corrected chi connectivity index (χ0v) is 16.6. The molecule has 2 aromatic carbocycles. The lowest BCUT2D eigenvalue weighted by atomic mass is 9.98. The second-order valence-corrected chi connectivity index (χ2v) is 7.47. The van der Waals surface area contributed by atoms with E-state index >= 15 is 0 Å². The Kier molecular flexibility index (Phi) is 5.61. The molecule has 4 rings (SSSR count). The summed E-state index contributed by atoms with van der Waals surface area (Å²) >= 11 is 0. The molecule has 0 unspecified atom stereocenters. The Morgan fingerprint density at radius 2 is 1.72 bits per heavy atom. The number of likely N-dealkylation sites (tertiary alicyclic amines) is 1. The van der Waals surface area contributed by atoms with Gasteiger partial charge in [0, 0.05) is 25.3 Å². The lowest BCUT2D eigenvalue weighted by Crippen LogP contribution is -2.46. The Labute approximate surface area is 171 Å². The Hall–Kier alpha value is -3.14. The summed E-state index contributed by atoms with van der Waals surface area (Å²) in [7, 11) is 0. The molecule has 0 N–H and O–H groups in total. The lowest BCUT2D eigenvalue weighted by molar-refractivity contribution is -0.122. The molecule has 4 nitrogen and oxygen atoms in total. The van der Waals surface area contributed by atoms with E-state index in [1.54, 1.807) is 4.90 Å². The van der Waals surface area contributed by atoms with Gasteiger partial charge in [0.1, 0.15) is 12.4 Å². The van der Waals surface area contributed by atoms with E-state index in [1.165, 1.54) is 22.3 Å². The molecule has 0 radical (unpaired) electrons. The van der Waals surface area contributed by atoms with Gasteiger partial charge in [0.2, 0.25) is 0 Å². The number of fused-ring (bicyclic) bond motifs is 3. The van der Waals surface area contributed by atoms with Crippen molar-refractivity contribution in [1.82, 2.24) is 4.90 Å². The molecule has 29 heavy (non-hydrogen) atoms. The molecule has 1 fully saturated rings. The number of nitrogens with zero attached hydrogens (tertiary/aromatic N) is 1. The summed E-state index contributed by atoms with van der Waals surface area (Å²) in [5.74, 6) is 0.220. The number of rotatable bonds is 4. The summed E-state index contributed by atoms with van der Waals surface area (Å²) < 4.78 is 5.77. The third kappa shape index (κ3) is 3.88. The summed E-state index contributed by atoms with van der Waals surface area (Å²) in [4.78, 5) is 26.4. The first-order chi connectivity index (χ1) is 14.2. The Morgan fingerprint density at radius 3 is 2.38 bits per heavy atom. The summed E-state index contributed by atoms with van der Waals surface area (Å²) in [6, 6.07) is 16.3. The summed E-state index contributed by atoms with van der Waals surface area (Å²) in [5.41, 5.74) is 4.81. The van der Waals surface area contributed by atoms with Crippen LogP contribution in [0.2, 0.25) is 0 Å². The topological polar surface area (TPSA) is 46.6 Å². The fourth-order valence-electron chi connectivity index (χ4n) is 4.24. The number of carbonyl (C=O) groups is 2. The molecule has 1 aliphatic carbocycles. The number of ketones is 1. The highest BCUT2D eigenvalue weighted by molar-refractivity contribution is 5.83. The fourth-order valence-corrected chi connectivity index (χ4v) is 4.24. The molecule has 2 aromatic rings. The van der Waals surface area contributed by atoms with Gasteiger partial charge in [0.05, 0.1) is 6.04 Å². The maximum atomic E-state index is 12.9. The molecule has 2 aliphatic rings. The van der Waals surface area contributed by atoms with Gasteiger partial charge in [-0.05, 0) is 29.2 Å². The third-order valence-corrected chi connectivity index (χ3v) is 5.68. The van der Waals surface area contributed by atoms with Crippen molar-refractivity contribution in [3.8, 4) is 11.1 Å². The summed E-state index contributed by atoms with van der Waals surface area (Å²) in [5, 5.41) is 0. The molecule has 0 saturated carbocycles. The monoisotopic (exact) mass is 387 g/mol. The van der Waals surface area contributed by atoms with E-state index in [0.717, 1.165) is 0 Å². The molecule has 0 aromatic heterocycles. The molecular weight excluding hydrogens is 362 g/mol. The van der Waals surface area contributed by atoms with Crippen LogP contribution in [0.1, 0.15) is 36.8 Å². The zero-order chi connectivity index (χ0) is 20.2.